The summed E-state index contributed by atoms with van der Waals surface area (Å²) in [6.45, 7) is 1.80. The van der Waals surface area contributed by atoms with E-state index in [1.165, 1.54) is 43.2 Å². The average Bonchev–Trinajstić information content (AvgIpc) is 2.39. The summed E-state index contributed by atoms with van der Waals surface area (Å²) in [6, 6.07) is 9.14. The molecule has 0 bridgehead atoms. The van der Waals surface area contributed by atoms with Crippen LogP contribution in [0.25, 0.3) is 0 Å². The second-order valence-corrected chi connectivity index (χ2v) is 5.98. The normalized spacial score (nSPS) is 19.1. The van der Waals surface area contributed by atoms with Gasteiger partial charge >= 0.3 is 0 Å². The minimum Gasteiger partial charge on any atom is -0.330 e. The van der Waals surface area contributed by atoms with E-state index in [9.17, 15) is 0 Å². The molecule has 1 fully saturated rings. The van der Waals surface area contributed by atoms with Gasteiger partial charge in [0, 0.05) is 18.5 Å². The van der Waals surface area contributed by atoms with E-state index in [2.05, 4.69) is 43.3 Å². The van der Waals surface area contributed by atoms with Crippen molar-refractivity contribution in [3.05, 3.63) is 35.4 Å². The van der Waals surface area contributed by atoms with E-state index in [-0.39, 0.29) is 5.41 Å². The number of benzene rings is 1. The Bertz CT molecular complexity index is 361. The molecule has 0 atom stereocenters. The van der Waals surface area contributed by atoms with Gasteiger partial charge in [-0.05, 0) is 38.1 Å². The third-order valence-corrected chi connectivity index (χ3v) is 4.27. The number of hydrogen-bond donors (Lipinski definition) is 1. The minimum atomic E-state index is 0.259. The molecule has 1 aliphatic carbocycles. The molecule has 100 valence electrons. The van der Waals surface area contributed by atoms with Crippen LogP contribution in [-0.2, 0) is 12.0 Å². The number of nitrogens with zero attached hydrogens (tertiary/aromatic N) is 1. The first-order chi connectivity index (χ1) is 8.66. The molecule has 2 N–H and O–H groups in total. The van der Waals surface area contributed by atoms with Crippen molar-refractivity contribution in [3.8, 4) is 0 Å². The third-order valence-electron chi connectivity index (χ3n) is 4.27. The highest BCUT2D eigenvalue weighted by atomic mass is 15.0. The third kappa shape index (κ3) is 2.93. The zero-order valence-electron chi connectivity index (χ0n) is 11.8. The maximum absolute atomic E-state index is 6.08. The van der Waals surface area contributed by atoms with E-state index in [4.69, 9.17) is 5.73 Å². The second-order valence-electron chi connectivity index (χ2n) is 5.98. The van der Waals surface area contributed by atoms with Crippen LogP contribution >= 0.6 is 0 Å². The summed E-state index contributed by atoms with van der Waals surface area (Å²) in [5, 5.41) is 0. The largest absolute Gasteiger partial charge is 0.330 e. The van der Waals surface area contributed by atoms with E-state index >= 15 is 0 Å². The number of nitrogens with two attached hydrogens (primary N) is 1. The molecular formula is C16H26N2. The maximum atomic E-state index is 6.08. The van der Waals surface area contributed by atoms with E-state index < -0.39 is 0 Å². The van der Waals surface area contributed by atoms with Crippen LogP contribution < -0.4 is 5.73 Å². The summed E-state index contributed by atoms with van der Waals surface area (Å²) >= 11 is 0. The highest BCUT2D eigenvalue weighted by Gasteiger charge is 2.32. The predicted octanol–water partition coefficient (Wildman–Crippen LogP) is 2.91. The van der Waals surface area contributed by atoms with Crippen LogP contribution in [0.1, 0.15) is 43.2 Å². The predicted molar refractivity (Wildman–Crippen MR) is 77.7 cm³/mol. The van der Waals surface area contributed by atoms with E-state index in [0.717, 1.165) is 13.1 Å². The Morgan fingerprint density at radius 2 is 1.67 bits per heavy atom. The molecule has 0 aliphatic heterocycles. The summed E-state index contributed by atoms with van der Waals surface area (Å²) < 4.78 is 0. The van der Waals surface area contributed by atoms with Crippen LogP contribution in [0.5, 0.6) is 0 Å². The van der Waals surface area contributed by atoms with Gasteiger partial charge < -0.3 is 10.6 Å². The van der Waals surface area contributed by atoms with Crippen LogP contribution in [0.3, 0.4) is 0 Å². The molecule has 0 saturated heterocycles. The summed E-state index contributed by atoms with van der Waals surface area (Å²) in [4.78, 5) is 2.20. The van der Waals surface area contributed by atoms with Gasteiger partial charge in [0.15, 0.2) is 0 Å². The highest BCUT2D eigenvalue weighted by molar-refractivity contribution is 5.30. The lowest BCUT2D eigenvalue weighted by molar-refractivity contribution is 0.300. The molecule has 2 rings (SSSR count). The first-order valence-electron chi connectivity index (χ1n) is 7.10. The number of hydrogen-bond acceptors (Lipinski definition) is 2. The average molecular weight is 246 g/mol. The second kappa shape index (κ2) is 5.85. The Morgan fingerprint density at radius 3 is 2.17 bits per heavy atom. The fraction of sp³-hybridized carbons (Fsp3) is 0.625. The zero-order valence-corrected chi connectivity index (χ0v) is 11.8. The van der Waals surface area contributed by atoms with Crippen molar-refractivity contribution in [3.63, 3.8) is 0 Å². The van der Waals surface area contributed by atoms with Crippen molar-refractivity contribution in [2.45, 2.75) is 44.1 Å². The summed E-state index contributed by atoms with van der Waals surface area (Å²) in [5.74, 6) is 0. The SMILES string of the molecule is CN(C)Cc1ccc(C2(CN)CCCCC2)cc1. The monoisotopic (exact) mass is 246 g/mol. The molecule has 0 aromatic heterocycles. The van der Waals surface area contributed by atoms with Crippen LogP contribution in [0.4, 0.5) is 0 Å². The Kier molecular flexibility index (Phi) is 4.41. The van der Waals surface area contributed by atoms with Crippen LogP contribution in [0, 0.1) is 0 Å². The van der Waals surface area contributed by atoms with Gasteiger partial charge in [0.05, 0.1) is 0 Å². The van der Waals surface area contributed by atoms with Crippen molar-refractivity contribution in [1.82, 2.24) is 4.90 Å². The molecule has 1 aromatic rings. The Labute approximate surface area is 111 Å². The van der Waals surface area contributed by atoms with Crippen molar-refractivity contribution < 1.29 is 0 Å². The van der Waals surface area contributed by atoms with Gasteiger partial charge in [-0.1, -0.05) is 43.5 Å². The molecule has 0 spiro atoms. The summed E-state index contributed by atoms with van der Waals surface area (Å²) in [6.07, 6.45) is 6.56. The molecule has 2 nitrogen and oxygen atoms in total. The van der Waals surface area contributed by atoms with Crippen molar-refractivity contribution >= 4 is 0 Å². The van der Waals surface area contributed by atoms with Gasteiger partial charge in [0.2, 0.25) is 0 Å². The van der Waals surface area contributed by atoms with Crippen LogP contribution in [0.15, 0.2) is 24.3 Å². The smallest absolute Gasteiger partial charge is 0.0227 e. The van der Waals surface area contributed by atoms with E-state index in [0.29, 0.717) is 0 Å². The lowest BCUT2D eigenvalue weighted by atomic mass is 9.69. The summed E-state index contributed by atoms with van der Waals surface area (Å²) in [7, 11) is 4.22. The molecule has 0 amide bonds. The first kappa shape index (κ1) is 13.6. The molecule has 18 heavy (non-hydrogen) atoms. The van der Waals surface area contributed by atoms with Gasteiger partial charge in [-0.2, -0.15) is 0 Å². The van der Waals surface area contributed by atoms with Crippen LogP contribution in [-0.4, -0.2) is 25.5 Å². The zero-order chi connectivity index (χ0) is 13.0. The highest BCUT2D eigenvalue weighted by Crippen LogP contribution is 2.38. The Balaban J connectivity index is 2.16. The molecule has 1 aliphatic rings. The Hall–Kier alpha value is -0.860. The molecule has 1 saturated carbocycles. The van der Waals surface area contributed by atoms with Crippen molar-refractivity contribution in [2.24, 2.45) is 5.73 Å². The standard InChI is InChI=1S/C16H26N2/c1-18(2)12-14-6-8-15(9-7-14)16(13-17)10-4-3-5-11-16/h6-9H,3-5,10-13,17H2,1-2H3. The molecule has 0 unspecified atom stereocenters. The molecule has 2 heteroatoms. The van der Waals surface area contributed by atoms with E-state index in [1.807, 2.05) is 0 Å². The lowest BCUT2D eigenvalue weighted by Gasteiger charge is -2.37. The van der Waals surface area contributed by atoms with Gasteiger partial charge in [-0.15, -0.1) is 0 Å². The molecule has 1 aromatic carbocycles. The molecule has 0 radical (unpaired) electrons. The van der Waals surface area contributed by atoms with Gasteiger partial charge in [0.1, 0.15) is 0 Å². The quantitative estimate of drug-likeness (QED) is 0.885. The summed E-state index contributed by atoms with van der Waals surface area (Å²) in [5.41, 5.74) is 9.17. The van der Waals surface area contributed by atoms with Crippen LogP contribution in [0.2, 0.25) is 0 Å². The topological polar surface area (TPSA) is 29.3 Å². The number of rotatable bonds is 4. The molecule has 0 heterocycles. The van der Waals surface area contributed by atoms with E-state index in [1.54, 1.807) is 0 Å². The lowest BCUT2D eigenvalue weighted by Crippen LogP contribution is -2.37. The van der Waals surface area contributed by atoms with Gasteiger partial charge in [-0.3, -0.25) is 0 Å². The van der Waals surface area contributed by atoms with Crippen molar-refractivity contribution in [1.29, 1.82) is 0 Å². The fourth-order valence-electron chi connectivity index (χ4n) is 3.17. The Morgan fingerprint density at radius 1 is 1.06 bits per heavy atom. The van der Waals surface area contributed by atoms with Gasteiger partial charge in [-0.25, -0.2) is 0 Å². The van der Waals surface area contributed by atoms with Gasteiger partial charge in [0.25, 0.3) is 0 Å². The van der Waals surface area contributed by atoms with Crippen molar-refractivity contribution in [2.75, 3.05) is 20.6 Å². The maximum Gasteiger partial charge on any atom is 0.0227 e. The molecular weight excluding hydrogens is 220 g/mol. The minimum absolute atomic E-state index is 0.259. The fourth-order valence-corrected chi connectivity index (χ4v) is 3.17. The first-order valence-corrected chi connectivity index (χ1v) is 7.10.